The average Bonchev–Trinajstić information content (AvgIpc) is 3.18. The number of anilines is 1. The van der Waals surface area contributed by atoms with Gasteiger partial charge < -0.3 is 15.5 Å². The van der Waals surface area contributed by atoms with E-state index in [4.69, 9.17) is 4.99 Å². The Morgan fingerprint density at radius 3 is 2.69 bits per heavy atom. The lowest BCUT2D eigenvalue weighted by Crippen LogP contribution is -2.39. The van der Waals surface area contributed by atoms with Gasteiger partial charge in [0, 0.05) is 42.5 Å². The molecule has 2 unspecified atom stereocenters. The van der Waals surface area contributed by atoms with E-state index in [-0.39, 0.29) is 24.0 Å². The number of hydrogen-bond donors (Lipinski definition) is 2. The molecule has 0 saturated heterocycles. The first-order valence-electron chi connectivity index (χ1n) is 8.49. The summed E-state index contributed by atoms with van der Waals surface area (Å²) in [5, 5.41) is 9.97. The van der Waals surface area contributed by atoms with Crippen LogP contribution in [0.15, 0.2) is 39.1 Å². The van der Waals surface area contributed by atoms with Crippen LogP contribution in [0.1, 0.15) is 30.5 Å². The highest BCUT2D eigenvalue weighted by atomic mass is 127. The fourth-order valence-corrected chi connectivity index (χ4v) is 3.68. The average molecular weight is 550 g/mol. The first-order chi connectivity index (χ1) is 12.1. The first-order valence-corrected chi connectivity index (χ1v) is 10.2. The van der Waals surface area contributed by atoms with Gasteiger partial charge in [-0.1, -0.05) is 28.1 Å². The fraction of sp³-hybridized carbons (Fsp3) is 0.444. The number of aromatic nitrogens is 1. The molecule has 0 radical (unpaired) electrons. The Bertz CT molecular complexity index is 731. The van der Waals surface area contributed by atoms with Crippen LogP contribution in [0.25, 0.3) is 0 Å². The standard InChI is InChI=1S/C18H24BrN5S.HI/c1-4-20-17(21-10-14-11-25-18(22-14)24(2)3)23-16-9-15(16)12-5-7-13(19)8-6-12;/h5-8,11,15-16H,4,9-10H2,1-3H3,(H2,20,21,23);1H. The summed E-state index contributed by atoms with van der Waals surface area (Å²) in [5.41, 5.74) is 2.39. The summed E-state index contributed by atoms with van der Waals surface area (Å²) < 4.78 is 1.12. The van der Waals surface area contributed by atoms with Crippen molar-refractivity contribution in [1.82, 2.24) is 15.6 Å². The molecule has 1 aliphatic carbocycles. The van der Waals surface area contributed by atoms with Crippen molar-refractivity contribution in [2.45, 2.75) is 31.8 Å². The normalized spacial score (nSPS) is 18.8. The molecule has 3 rings (SSSR count). The number of benzene rings is 1. The fourth-order valence-electron chi connectivity index (χ4n) is 2.66. The minimum absolute atomic E-state index is 0. The molecule has 1 aliphatic rings. The quantitative estimate of drug-likeness (QED) is 0.322. The van der Waals surface area contributed by atoms with Crippen molar-refractivity contribution in [1.29, 1.82) is 0 Å². The van der Waals surface area contributed by atoms with Crippen molar-refractivity contribution in [3.63, 3.8) is 0 Å². The van der Waals surface area contributed by atoms with Gasteiger partial charge in [0.1, 0.15) is 0 Å². The molecule has 142 valence electrons. The maximum absolute atomic E-state index is 4.69. The summed E-state index contributed by atoms with van der Waals surface area (Å²) in [7, 11) is 4.01. The number of nitrogens with one attached hydrogen (secondary N) is 2. The summed E-state index contributed by atoms with van der Waals surface area (Å²) >= 11 is 5.14. The van der Waals surface area contributed by atoms with Crippen LogP contribution in [0, 0.1) is 0 Å². The van der Waals surface area contributed by atoms with Gasteiger partial charge in [-0.3, -0.25) is 0 Å². The van der Waals surface area contributed by atoms with Crippen LogP contribution in [0.3, 0.4) is 0 Å². The largest absolute Gasteiger partial charge is 0.357 e. The summed E-state index contributed by atoms with van der Waals surface area (Å²) in [6, 6.07) is 9.05. The van der Waals surface area contributed by atoms with E-state index in [0.717, 1.165) is 34.2 Å². The monoisotopic (exact) mass is 549 g/mol. The summed E-state index contributed by atoms with van der Waals surface area (Å²) in [6.07, 6.45) is 1.15. The Kier molecular flexibility index (Phi) is 8.15. The van der Waals surface area contributed by atoms with E-state index in [0.29, 0.717) is 18.5 Å². The summed E-state index contributed by atoms with van der Waals surface area (Å²) in [5.74, 6) is 1.43. The molecule has 2 atom stereocenters. The number of rotatable bonds is 6. The third-order valence-corrected chi connectivity index (χ3v) is 5.66. The minimum atomic E-state index is 0. The van der Waals surface area contributed by atoms with Crippen LogP contribution in [0.5, 0.6) is 0 Å². The van der Waals surface area contributed by atoms with Crippen LogP contribution >= 0.6 is 51.2 Å². The Hall–Kier alpha value is -0.870. The van der Waals surface area contributed by atoms with Crippen LogP contribution in [0.2, 0.25) is 0 Å². The molecule has 0 bridgehead atoms. The zero-order chi connectivity index (χ0) is 17.8. The molecule has 8 heteroatoms. The van der Waals surface area contributed by atoms with Gasteiger partial charge in [-0.15, -0.1) is 35.3 Å². The van der Waals surface area contributed by atoms with Gasteiger partial charge in [-0.2, -0.15) is 0 Å². The van der Waals surface area contributed by atoms with E-state index in [9.17, 15) is 0 Å². The van der Waals surface area contributed by atoms with Crippen molar-refractivity contribution in [3.8, 4) is 0 Å². The highest BCUT2D eigenvalue weighted by Gasteiger charge is 2.38. The number of guanidine groups is 1. The molecule has 5 nitrogen and oxygen atoms in total. The van der Waals surface area contributed by atoms with Gasteiger partial charge in [0.15, 0.2) is 11.1 Å². The second-order valence-electron chi connectivity index (χ2n) is 6.36. The lowest BCUT2D eigenvalue weighted by molar-refractivity contribution is 0.792. The van der Waals surface area contributed by atoms with E-state index in [2.05, 4.69) is 68.1 Å². The van der Waals surface area contributed by atoms with E-state index in [1.54, 1.807) is 11.3 Å². The van der Waals surface area contributed by atoms with Gasteiger partial charge in [0.25, 0.3) is 0 Å². The Morgan fingerprint density at radius 1 is 1.35 bits per heavy atom. The topological polar surface area (TPSA) is 52.6 Å². The summed E-state index contributed by atoms with van der Waals surface area (Å²) in [6.45, 7) is 3.53. The Labute approximate surface area is 184 Å². The van der Waals surface area contributed by atoms with Crippen molar-refractivity contribution >= 4 is 62.3 Å². The zero-order valence-electron chi connectivity index (χ0n) is 15.2. The van der Waals surface area contributed by atoms with Crippen molar-refractivity contribution < 1.29 is 0 Å². The maximum Gasteiger partial charge on any atom is 0.191 e. The highest BCUT2D eigenvalue weighted by Crippen LogP contribution is 2.41. The van der Waals surface area contributed by atoms with Gasteiger partial charge in [0.2, 0.25) is 0 Å². The van der Waals surface area contributed by atoms with Crippen LogP contribution < -0.4 is 15.5 Å². The molecule has 2 aromatic rings. The molecule has 1 saturated carbocycles. The van der Waals surface area contributed by atoms with Gasteiger partial charge in [-0.05, 0) is 31.0 Å². The van der Waals surface area contributed by atoms with Gasteiger partial charge in [0.05, 0.1) is 12.2 Å². The highest BCUT2D eigenvalue weighted by molar-refractivity contribution is 14.0. The predicted octanol–water partition coefficient (Wildman–Crippen LogP) is 4.20. The molecular weight excluding hydrogens is 525 g/mol. The smallest absolute Gasteiger partial charge is 0.191 e. The molecule has 1 fully saturated rings. The lowest BCUT2D eigenvalue weighted by Gasteiger charge is -2.11. The van der Waals surface area contributed by atoms with Crippen molar-refractivity contribution in [2.24, 2.45) is 4.99 Å². The third kappa shape index (κ3) is 5.82. The Balaban J connectivity index is 0.00000243. The Morgan fingerprint density at radius 2 is 2.08 bits per heavy atom. The van der Waals surface area contributed by atoms with E-state index in [1.165, 1.54) is 5.56 Å². The molecule has 0 aliphatic heterocycles. The second-order valence-corrected chi connectivity index (χ2v) is 8.11. The maximum atomic E-state index is 4.69. The molecule has 1 aromatic carbocycles. The lowest BCUT2D eigenvalue weighted by atomic mass is 10.1. The van der Waals surface area contributed by atoms with Gasteiger partial charge in [-0.25, -0.2) is 9.98 Å². The second kappa shape index (κ2) is 9.89. The van der Waals surface area contributed by atoms with Crippen LogP contribution in [-0.4, -0.2) is 37.6 Å². The molecule has 2 N–H and O–H groups in total. The summed E-state index contributed by atoms with van der Waals surface area (Å²) in [4.78, 5) is 11.3. The molecule has 0 amide bonds. The van der Waals surface area contributed by atoms with Crippen molar-refractivity contribution in [3.05, 3.63) is 45.4 Å². The number of aliphatic imine (C=N–C) groups is 1. The zero-order valence-corrected chi connectivity index (χ0v) is 19.9. The van der Waals surface area contributed by atoms with Crippen molar-refractivity contribution in [2.75, 3.05) is 25.5 Å². The van der Waals surface area contributed by atoms with E-state index < -0.39 is 0 Å². The van der Waals surface area contributed by atoms with E-state index >= 15 is 0 Å². The SMILES string of the molecule is CCNC(=NCc1csc(N(C)C)n1)NC1CC1c1ccc(Br)cc1.I. The molecule has 1 aromatic heterocycles. The molecule has 26 heavy (non-hydrogen) atoms. The number of hydrogen-bond acceptors (Lipinski definition) is 4. The molecular formula is C18H25BrIN5S. The number of nitrogens with zero attached hydrogens (tertiary/aromatic N) is 3. The van der Waals surface area contributed by atoms with E-state index in [1.807, 2.05) is 19.0 Å². The number of thiazole rings is 1. The third-order valence-electron chi connectivity index (χ3n) is 4.08. The first kappa shape index (κ1) is 21.4. The molecule has 0 spiro atoms. The minimum Gasteiger partial charge on any atom is -0.357 e. The van der Waals surface area contributed by atoms with Crippen LogP contribution in [-0.2, 0) is 6.54 Å². The predicted molar refractivity (Wildman–Crippen MR) is 125 cm³/mol. The van der Waals surface area contributed by atoms with Gasteiger partial charge >= 0.3 is 0 Å². The van der Waals surface area contributed by atoms with Crippen LogP contribution in [0.4, 0.5) is 5.13 Å². The number of halogens is 2. The molecule has 1 heterocycles.